The number of halogens is 1. The van der Waals surface area contributed by atoms with Crippen LogP contribution in [-0.2, 0) is 7.05 Å². The van der Waals surface area contributed by atoms with Crippen molar-refractivity contribution in [1.29, 1.82) is 0 Å². The second-order valence-corrected chi connectivity index (χ2v) is 6.56. The monoisotopic (exact) mass is 345 g/mol. The van der Waals surface area contributed by atoms with Gasteiger partial charge >= 0.3 is 0 Å². The number of imidazole rings is 1. The van der Waals surface area contributed by atoms with Gasteiger partial charge in [0.05, 0.1) is 30.0 Å². The van der Waals surface area contributed by atoms with Crippen molar-refractivity contribution in [1.82, 2.24) is 29.7 Å². The fraction of sp³-hybridized carbons (Fsp3) is 0.438. The zero-order chi connectivity index (χ0) is 15.4. The molecule has 24 heavy (non-hydrogen) atoms. The second kappa shape index (κ2) is 5.75. The van der Waals surface area contributed by atoms with Gasteiger partial charge in [-0.2, -0.15) is 10.2 Å². The van der Waals surface area contributed by atoms with Crippen molar-refractivity contribution in [3.8, 4) is 11.3 Å². The lowest BCUT2D eigenvalue weighted by atomic mass is 10.2. The predicted octanol–water partition coefficient (Wildman–Crippen LogP) is 1.49. The first-order valence-electron chi connectivity index (χ1n) is 8.11. The van der Waals surface area contributed by atoms with E-state index < -0.39 is 0 Å². The Hall–Kier alpha value is -2.12. The Balaban J connectivity index is 0.00000146. The first-order chi connectivity index (χ1) is 11.3. The maximum atomic E-state index is 4.83. The number of aromatic nitrogens is 5. The molecular formula is C16H20ClN7. The third-order valence-electron chi connectivity index (χ3n) is 4.90. The maximum absolute atomic E-state index is 4.83. The number of piperazine rings is 1. The van der Waals surface area contributed by atoms with E-state index in [9.17, 15) is 0 Å². The first kappa shape index (κ1) is 15.4. The van der Waals surface area contributed by atoms with Crippen LogP contribution >= 0.6 is 12.4 Å². The Labute approximate surface area is 146 Å². The molecule has 2 saturated heterocycles. The summed E-state index contributed by atoms with van der Waals surface area (Å²) in [4.78, 5) is 7.28. The molecule has 0 saturated carbocycles. The number of hydrogen-bond acceptors (Lipinski definition) is 5. The van der Waals surface area contributed by atoms with E-state index in [1.54, 1.807) is 4.68 Å². The molecule has 1 N–H and O–H groups in total. The van der Waals surface area contributed by atoms with Crippen LogP contribution in [0.15, 0.2) is 30.9 Å². The molecule has 5 rings (SSSR count). The second-order valence-electron chi connectivity index (χ2n) is 6.56. The van der Waals surface area contributed by atoms with Crippen LogP contribution in [-0.4, -0.2) is 49.6 Å². The molecule has 2 aliphatic rings. The molecule has 0 spiro atoms. The molecule has 3 aromatic heterocycles. The summed E-state index contributed by atoms with van der Waals surface area (Å²) in [6, 6.07) is 3.30. The normalized spacial score (nSPS) is 22.8. The van der Waals surface area contributed by atoms with E-state index in [1.165, 1.54) is 18.5 Å². The quantitative estimate of drug-likeness (QED) is 0.762. The van der Waals surface area contributed by atoms with Crippen molar-refractivity contribution in [2.45, 2.75) is 24.9 Å². The zero-order valence-electron chi connectivity index (χ0n) is 13.5. The lowest BCUT2D eigenvalue weighted by Crippen LogP contribution is -2.51. The van der Waals surface area contributed by atoms with E-state index in [0.29, 0.717) is 12.1 Å². The molecule has 0 aliphatic carbocycles. The largest absolute Gasteiger partial charge is 0.365 e. The molecule has 3 aromatic rings. The molecule has 2 fully saturated rings. The van der Waals surface area contributed by atoms with Crippen LogP contribution < -0.4 is 10.2 Å². The van der Waals surface area contributed by atoms with Gasteiger partial charge in [-0.1, -0.05) is 0 Å². The Bertz CT molecular complexity index is 858. The molecule has 5 heterocycles. The number of hydrogen-bond donors (Lipinski definition) is 1. The average Bonchev–Trinajstić information content (AvgIpc) is 3.25. The van der Waals surface area contributed by atoms with Gasteiger partial charge in [0.15, 0.2) is 5.65 Å². The predicted molar refractivity (Wildman–Crippen MR) is 94.6 cm³/mol. The Kier molecular flexibility index (Phi) is 3.69. The zero-order valence-corrected chi connectivity index (χ0v) is 14.3. The number of rotatable bonds is 2. The smallest absolute Gasteiger partial charge is 0.177 e. The number of nitrogens with one attached hydrogen (secondary N) is 1. The fourth-order valence-electron chi connectivity index (χ4n) is 3.82. The Morgan fingerprint density at radius 3 is 2.62 bits per heavy atom. The van der Waals surface area contributed by atoms with Gasteiger partial charge < -0.3 is 10.2 Å². The highest BCUT2D eigenvalue weighted by Gasteiger charge is 2.33. The molecule has 7 nitrogen and oxygen atoms in total. The van der Waals surface area contributed by atoms with Gasteiger partial charge in [-0.15, -0.1) is 12.4 Å². The van der Waals surface area contributed by atoms with E-state index in [2.05, 4.69) is 26.5 Å². The average molecular weight is 346 g/mol. The molecule has 2 unspecified atom stereocenters. The third kappa shape index (κ3) is 2.44. The summed E-state index contributed by atoms with van der Waals surface area (Å²) < 4.78 is 3.67. The van der Waals surface area contributed by atoms with Gasteiger partial charge in [0.25, 0.3) is 0 Å². The molecule has 8 heteroatoms. The van der Waals surface area contributed by atoms with E-state index in [4.69, 9.17) is 4.98 Å². The van der Waals surface area contributed by atoms with Crippen molar-refractivity contribution in [3.05, 3.63) is 30.9 Å². The summed E-state index contributed by atoms with van der Waals surface area (Å²) in [7, 11) is 1.92. The minimum atomic E-state index is 0. The van der Waals surface area contributed by atoms with Gasteiger partial charge in [0.1, 0.15) is 0 Å². The first-order valence-corrected chi connectivity index (χ1v) is 8.11. The van der Waals surface area contributed by atoms with Crippen LogP contribution in [0.4, 0.5) is 5.69 Å². The summed E-state index contributed by atoms with van der Waals surface area (Å²) in [5.41, 5.74) is 4.03. The van der Waals surface area contributed by atoms with Crippen LogP contribution in [0.5, 0.6) is 0 Å². The fourth-order valence-corrected chi connectivity index (χ4v) is 3.82. The molecule has 2 bridgehead atoms. The molecule has 0 amide bonds. The van der Waals surface area contributed by atoms with Crippen molar-refractivity contribution in [2.24, 2.45) is 7.05 Å². The molecule has 2 atom stereocenters. The standard InChI is InChI=1S/C16H19N7.ClH/c1-21-7-11(6-18-21)14-10-23-16(20-14)15(4-5-17-23)22-8-12-2-3-13(9-22)19-12;/h4-7,10,12-13,19H,2-3,8-9H2,1H3;1H. The minimum absolute atomic E-state index is 0. The SMILES string of the molecule is Cl.Cn1cc(-c2cn3nccc(N4CC5CCC(C4)N5)c3n2)cn1. The van der Waals surface area contributed by atoms with Crippen LogP contribution in [0.3, 0.4) is 0 Å². The number of aryl methyl sites for hydroxylation is 1. The number of anilines is 1. The highest BCUT2D eigenvalue weighted by atomic mass is 35.5. The van der Waals surface area contributed by atoms with Crippen molar-refractivity contribution >= 4 is 23.7 Å². The lowest BCUT2D eigenvalue weighted by molar-refractivity contribution is 0.466. The van der Waals surface area contributed by atoms with E-state index in [-0.39, 0.29) is 12.4 Å². The van der Waals surface area contributed by atoms with E-state index >= 15 is 0 Å². The van der Waals surface area contributed by atoms with Crippen LogP contribution in [0.2, 0.25) is 0 Å². The Morgan fingerprint density at radius 2 is 1.92 bits per heavy atom. The highest BCUT2D eigenvalue weighted by molar-refractivity contribution is 5.85. The number of fused-ring (bicyclic) bond motifs is 3. The lowest BCUT2D eigenvalue weighted by Gasteiger charge is -2.34. The van der Waals surface area contributed by atoms with Gasteiger partial charge in [-0.3, -0.25) is 4.68 Å². The van der Waals surface area contributed by atoms with Gasteiger partial charge in [0.2, 0.25) is 0 Å². The molecule has 2 aliphatic heterocycles. The van der Waals surface area contributed by atoms with Crippen LogP contribution in [0.25, 0.3) is 16.9 Å². The van der Waals surface area contributed by atoms with E-state index in [1.807, 2.05) is 36.4 Å². The summed E-state index contributed by atoms with van der Waals surface area (Å²) in [5, 5.41) is 12.3. The van der Waals surface area contributed by atoms with Crippen molar-refractivity contribution in [2.75, 3.05) is 18.0 Å². The highest BCUT2D eigenvalue weighted by Crippen LogP contribution is 2.29. The van der Waals surface area contributed by atoms with Crippen molar-refractivity contribution in [3.63, 3.8) is 0 Å². The molecule has 0 radical (unpaired) electrons. The maximum Gasteiger partial charge on any atom is 0.177 e. The van der Waals surface area contributed by atoms with Gasteiger partial charge in [0, 0.05) is 44.0 Å². The number of nitrogens with zero attached hydrogens (tertiary/aromatic N) is 6. The summed E-state index contributed by atoms with van der Waals surface area (Å²) >= 11 is 0. The topological polar surface area (TPSA) is 63.3 Å². The Morgan fingerprint density at radius 1 is 1.12 bits per heavy atom. The van der Waals surface area contributed by atoms with E-state index in [0.717, 1.165) is 30.0 Å². The van der Waals surface area contributed by atoms with Crippen molar-refractivity contribution < 1.29 is 0 Å². The van der Waals surface area contributed by atoms with Crippen LogP contribution in [0.1, 0.15) is 12.8 Å². The summed E-state index contributed by atoms with van der Waals surface area (Å²) in [5.74, 6) is 0. The molecule has 0 aromatic carbocycles. The summed E-state index contributed by atoms with van der Waals surface area (Å²) in [6.07, 6.45) is 10.2. The van der Waals surface area contributed by atoms with Crippen LogP contribution in [0, 0.1) is 0 Å². The molecule has 126 valence electrons. The van der Waals surface area contributed by atoms with Gasteiger partial charge in [-0.25, -0.2) is 9.50 Å². The third-order valence-corrected chi connectivity index (χ3v) is 4.90. The summed E-state index contributed by atoms with van der Waals surface area (Å²) in [6.45, 7) is 2.09. The minimum Gasteiger partial charge on any atom is -0.365 e. The molecular weight excluding hydrogens is 326 g/mol. The van der Waals surface area contributed by atoms with Gasteiger partial charge in [-0.05, 0) is 18.9 Å².